The van der Waals surface area contributed by atoms with Crippen molar-refractivity contribution in [1.82, 2.24) is 0 Å². The Morgan fingerprint density at radius 2 is 1.47 bits per heavy atom. The first-order valence-corrected chi connectivity index (χ1v) is 6.65. The van der Waals surface area contributed by atoms with Crippen LogP contribution >= 0.6 is 0 Å². The van der Waals surface area contributed by atoms with Gasteiger partial charge in [0.05, 0.1) is 6.10 Å². The van der Waals surface area contributed by atoms with Crippen molar-refractivity contribution in [2.45, 2.75) is 53.1 Å². The minimum atomic E-state index is -0.0198. The molecule has 3 aliphatic carbocycles. The van der Waals surface area contributed by atoms with Crippen LogP contribution in [0, 0.1) is 34.5 Å². The highest BCUT2D eigenvalue weighted by molar-refractivity contribution is 5.19. The summed E-state index contributed by atoms with van der Waals surface area (Å²) in [6.45, 7) is 9.50. The van der Waals surface area contributed by atoms with Gasteiger partial charge in [-0.25, -0.2) is 0 Å². The highest BCUT2D eigenvalue weighted by Gasteiger charge is 2.71. The molecule has 0 aromatic heterocycles. The lowest BCUT2D eigenvalue weighted by Gasteiger charge is -2.49. The van der Waals surface area contributed by atoms with Gasteiger partial charge in [0.15, 0.2) is 0 Å². The van der Waals surface area contributed by atoms with Crippen LogP contribution in [0.15, 0.2) is 0 Å². The van der Waals surface area contributed by atoms with Gasteiger partial charge in [-0.1, -0.05) is 27.7 Å². The molecule has 1 heteroatoms. The predicted molar refractivity (Wildman–Crippen MR) is 61.4 cm³/mol. The zero-order valence-corrected chi connectivity index (χ0v) is 10.5. The summed E-state index contributed by atoms with van der Waals surface area (Å²) in [6, 6.07) is 0. The monoisotopic (exact) mass is 208 g/mol. The van der Waals surface area contributed by atoms with Gasteiger partial charge in [0.2, 0.25) is 0 Å². The normalized spacial score (nSPS) is 61.0. The van der Waals surface area contributed by atoms with E-state index in [1.165, 1.54) is 19.3 Å². The van der Waals surface area contributed by atoms with E-state index in [-0.39, 0.29) is 6.10 Å². The predicted octanol–water partition coefficient (Wildman–Crippen LogP) is 3.08. The standard InChI is InChI=1S/C14H24O/c1-8-7-14(8)10(3)9(2)13(5-6-13)12(15)11(14)4/h8-12,15H,5-7H2,1-4H3/t8?,9-,10+,11-,12+,14?/m0/s1. The van der Waals surface area contributed by atoms with Gasteiger partial charge in [-0.15, -0.1) is 0 Å². The highest BCUT2D eigenvalue weighted by Crippen LogP contribution is 2.74. The fourth-order valence-electron chi connectivity index (χ4n) is 5.08. The Kier molecular flexibility index (Phi) is 1.77. The summed E-state index contributed by atoms with van der Waals surface area (Å²) in [5, 5.41) is 10.5. The molecule has 3 saturated carbocycles. The molecule has 0 heterocycles. The molecule has 2 unspecified atom stereocenters. The second-order valence-electron chi connectivity index (χ2n) is 6.76. The zero-order valence-electron chi connectivity index (χ0n) is 10.5. The fraction of sp³-hybridized carbons (Fsp3) is 1.00. The molecule has 1 N–H and O–H groups in total. The van der Waals surface area contributed by atoms with Gasteiger partial charge in [0, 0.05) is 0 Å². The van der Waals surface area contributed by atoms with E-state index < -0.39 is 0 Å². The minimum absolute atomic E-state index is 0.0198. The Morgan fingerprint density at radius 1 is 0.933 bits per heavy atom. The second kappa shape index (κ2) is 2.61. The summed E-state index contributed by atoms with van der Waals surface area (Å²) >= 11 is 0. The van der Waals surface area contributed by atoms with Gasteiger partial charge in [0.1, 0.15) is 0 Å². The zero-order chi connectivity index (χ0) is 11.0. The van der Waals surface area contributed by atoms with Crippen LogP contribution in [-0.4, -0.2) is 11.2 Å². The third-order valence-electron chi connectivity index (χ3n) is 6.66. The molecule has 3 aliphatic rings. The molecule has 0 aromatic carbocycles. The van der Waals surface area contributed by atoms with Crippen LogP contribution in [0.4, 0.5) is 0 Å². The van der Waals surface area contributed by atoms with E-state index in [4.69, 9.17) is 0 Å². The van der Waals surface area contributed by atoms with Gasteiger partial charge < -0.3 is 5.11 Å². The maximum Gasteiger partial charge on any atom is 0.0630 e. The smallest absolute Gasteiger partial charge is 0.0630 e. The molecular formula is C14H24O. The van der Waals surface area contributed by atoms with E-state index in [1.807, 2.05) is 0 Å². The first-order chi connectivity index (χ1) is 6.97. The average molecular weight is 208 g/mol. The van der Waals surface area contributed by atoms with E-state index in [0.717, 1.165) is 17.8 Å². The SMILES string of the molecule is CC1CC12[C@H](C)[C@H](C)C1(CC1)[C@H](O)[C@@H]2C. The van der Waals surface area contributed by atoms with E-state index in [9.17, 15) is 5.11 Å². The van der Waals surface area contributed by atoms with Gasteiger partial charge in [-0.2, -0.15) is 0 Å². The van der Waals surface area contributed by atoms with Gasteiger partial charge in [0.25, 0.3) is 0 Å². The summed E-state index contributed by atoms with van der Waals surface area (Å²) in [6.07, 6.45) is 3.88. The maximum absolute atomic E-state index is 10.5. The Labute approximate surface area is 93.3 Å². The number of hydrogen-bond acceptors (Lipinski definition) is 1. The van der Waals surface area contributed by atoms with E-state index in [1.54, 1.807) is 0 Å². The quantitative estimate of drug-likeness (QED) is 0.648. The van der Waals surface area contributed by atoms with Crippen molar-refractivity contribution in [2.24, 2.45) is 34.5 Å². The van der Waals surface area contributed by atoms with Crippen molar-refractivity contribution in [3.05, 3.63) is 0 Å². The molecule has 15 heavy (non-hydrogen) atoms. The summed E-state index contributed by atoms with van der Waals surface area (Å²) in [5.74, 6) is 2.92. The third-order valence-corrected chi connectivity index (χ3v) is 6.66. The number of hydrogen-bond donors (Lipinski definition) is 1. The molecule has 0 aromatic rings. The van der Waals surface area contributed by atoms with Gasteiger partial charge >= 0.3 is 0 Å². The molecule has 6 atom stereocenters. The van der Waals surface area contributed by atoms with Crippen LogP contribution in [0.2, 0.25) is 0 Å². The van der Waals surface area contributed by atoms with Crippen molar-refractivity contribution in [3.8, 4) is 0 Å². The molecule has 3 rings (SSSR count). The Bertz CT molecular complexity index is 274. The molecule has 3 fully saturated rings. The van der Waals surface area contributed by atoms with Crippen molar-refractivity contribution < 1.29 is 5.11 Å². The van der Waals surface area contributed by atoms with E-state index >= 15 is 0 Å². The Balaban J connectivity index is 1.96. The fourth-order valence-corrected chi connectivity index (χ4v) is 5.08. The molecule has 0 aliphatic heterocycles. The summed E-state index contributed by atoms with van der Waals surface area (Å²) in [5.41, 5.74) is 0.819. The van der Waals surface area contributed by atoms with Crippen LogP contribution in [0.25, 0.3) is 0 Å². The first kappa shape index (κ1) is 10.1. The number of aliphatic hydroxyl groups is 1. The number of rotatable bonds is 0. The van der Waals surface area contributed by atoms with Crippen LogP contribution in [0.1, 0.15) is 47.0 Å². The summed E-state index contributed by atoms with van der Waals surface area (Å²) in [4.78, 5) is 0. The van der Waals surface area contributed by atoms with E-state index in [0.29, 0.717) is 16.7 Å². The Morgan fingerprint density at radius 3 is 1.87 bits per heavy atom. The van der Waals surface area contributed by atoms with Crippen LogP contribution in [0.3, 0.4) is 0 Å². The number of aliphatic hydroxyl groups excluding tert-OH is 1. The molecule has 0 amide bonds. The second-order valence-corrected chi connectivity index (χ2v) is 6.76. The van der Waals surface area contributed by atoms with Gasteiger partial charge in [-0.3, -0.25) is 0 Å². The third kappa shape index (κ3) is 0.945. The maximum atomic E-state index is 10.5. The van der Waals surface area contributed by atoms with E-state index in [2.05, 4.69) is 27.7 Å². The van der Waals surface area contributed by atoms with Crippen LogP contribution < -0.4 is 0 Å². The largest absolute Gasteiger partial charge is 0.392 e. The molecule has 1 nitrogen and oxygen atoms in total. The molecule has 0 bridgehead atoms. The topological polar surface area (TPSA) is 20.2 Å². The molecular weight excluding hydrogens is 184 g/mol. The first-order valence-electron chi connectivity index (χ1n) is 6.65. The lowest BCUT2D eigenvalue weighted by atomic mass is 9.57. The van der Waals surface area contributed by atoms with Crippen LogP contribution in [0.5, 0.6) is 0 Å². The summed E-state index contributed by atoms with van der Waals surface area (Å²) < 4.78 is 0. The molecule has 0 radical (unpaired) electrons. The minimum Gasteiger partial charge on any atom is -0.392 e. The van der Waals surface area contributed by atoms with Gasteiger partial charge in [-0.05, 0) is 53.8 Å². The van der Waals surface area contributed by atoms with Crippen molar-refractivity contribution in [2.75, 3.05) is 0 Å². The highest BCUT2D eigenvalue weighted by atomic mass is 16.3. The molecule has 86 valence electrons. The van der Waals surface area contributed by atoms with Crippen LogP contribution in [-0.2, 0) is 0 Å². The van der Waals surface area contributed by atoms with Crippen molar-refractivity contribution >= 4 is 0 Å². The summed E-state index contributed by atoms with van der Waals surface area (Å²) in [7, 11) is 0. The lowest BCUT2D eigenvalue weighted by Crippen LogP contribution is -2.50. The average Bonchev–Trinajstić information content (AvgIpc) is 3.08. The lowest BCUT2D eigenvalue weighted by molar-refractivity contribution is -0.0952. The van der Waals surface area contributed by atoms with Crippen molar-refractivity contribution in [3.63, 3.8) is 0 Å². The van der Waals surface area contributed by atoms with Crippen molar-refractivity contribution in [1.29, 1.82) is 0 Å². The molecule has 0 saturated heterocycles. The molecule has 2 spiro atoms. The Hall–Kier alpha value is -0.0400.